The average Bonchev–Trinajstić information content (AvgIpc) is 2.39. The molecule has 1 rings (SSSR count). The summed E-state index contributed by atoms with van der Waals surface area (Å²) < 4.78 is 5.35. The van der Waals surface area contributed by atoms with E-state index in [9.17, 15) is 0 Å². The molecule has 0 spiro atoms. The summed E-state index contributed by atoms with van der Waals surface area (Å²) in [6, 6.07) is 5.98. The van der Waals surface area contributed by atoms with E-state index < -0.39 is 0 Å². The molecule has 1 N–H and O–H groups in total. The van der Waals surface area contributed by atoms with Crippen molar-refractivity contribution in [1.29, 1.82) is 0 Å². The number of nitrogens with one attached hydrogen (secondary N) is 1. The second-order valence-corrected chi connectivity index (χ2v) is 5.72. The summed E-state index contributed by atoms with van der Waals surface area (Å²) in [5.74, 6) is 0. The monoisotopic (exact) mass is 303 g/mol. The zero-order chi connectivity index (χ0) is 14.3. The van der Waals surface area contributed by atoms with Crippen molar-refractivity contribution in [3.63, 3.8) is 0 Å². The summed E-state index contributed by atoms with van der Waals surface area (Å²) in [4.78, 5) is 0. The lowest BCUT2D eigenvalue weighted by molar-refractivity contribution is 0.100. The van der Waals surface area contributed by atoms with Crippen molar-refractivity contribution >= 4 is 23.2 Å². The molecule has 2 nitrogen and oxygen atoms in total. The molecule has 0 bridgehead atoms. The van der Waals surface area contributed by atoms with Gasteiger partial charge in [-0.3, -0.25) is 0 Å². The number of hydrogen-bond acceptors (Lipinski definition) is 2. The Morgan fingerprint density at radius 1 is 1.32 bits per heavy atom. The molecule has 0 aliphatic carbocycles. The first-order valence-corrected chi connectivity index (χ1v) is 7.52. The summed E-state index contributed by atoms with van der Waals surface area (Å²) in [6.45, 7) is 5.25. The Balaban J connectivity index is 2.71. The van der Waals surface area contributed by atoms with Crippen LogP contribution in [0, 0.1) is 0 Å². The SMILES string of the molecule is CCCNC(Cc1cc(Cl)ccc1Cl)CC(C)OC. The Hall–Kier alpha value is -0.280. The molecule has 0 aromatic heterocycles. The molecule has 0 saturated carbocycles. The lowest BCUT2D eigenvalue weighted by Crippen LogP contribution is -2.35. The third-order valence-electron chi connectivity index (χ3n) is 3.18. The molecule has 4 heteroatoms. The third kappa shape index (κ3) is 6.13. The van der Waals surface area contributed by atoms with Crippen LogP contribution in [0.5, 0.6) is 0 Å². The van der Waals surface area contributed by atoms with Gasteiger partial charge in [-0.25, -0.2) is 0 Å². The fraction of sp³-hybridized carbons (Fsp3) is 0.600. The van der Waals surface area contributed by atoms with Crippen molar-refractivity contribution in [2.24, 2.45) is 0 Å². The van der Waals surface area contributed by atoms with E-state index in [0.717, 1.165) is 41.4 Å². The van der Waals surface area contributed by atoms with Gasteiger partial charge in [0.1, 0.15) is 0 Å². The highest BCUT2D eigenvalue weighted by atomic mass is 35.5. The Kier molecular flexibility index (Phi) is 7.77. The average molecular weight is 304 g/mol. The zero-order valence-electron chi connectivity index (χ0n) is 11.9. The first-order chi connectivity index (χ1) is 9.06. The van der Waals surface area contributed by atoms with Gasteiger partial charge in [0.05, 0.1) is 6.10 Å². The van der Waals surface area contributed by atoms with Gasteiger partial charge in [-0.05, 0) is 56.5 Å². The molecule has 0 aliphatic rings. The molecule has 19 heavy (non-hydrogen) atoms. The van der Waals surface area contributed by atoms with Crippen molar-refractivity contribution in [2.75, 3.05) is 13.7 Å². The molecule has 108 valence electrons. The molecule has 0 saturated heterocycles. The fourth-order valence-electron chi connectivity index (χ4n) is 2.05. The quantitative estimate of drug-likeness (QED) is 0.772. The maximum atomic E-state index is 6.23. The van der Waals surface area contributed by atoms with Gasteiger partial charge in [-0.15, -0.1) is 0 Å². The predicted molar refractivity (Wildman–Crippen MR) is 83.3 cm³/mol. The van der Waals surface area contributed by atoms with E-state index in [-0.39, 0.29) is 6.10 Å². The number of halogens is 2. The van der Waals surface area contributed by atoms with Gasteiger partial charge in [0.15, 0.2) is 0 Å². The Morgan fingerprint density at radius 3 is 2.68 bits per heavy atom. The molecule has 0 amide bonds. The van der Waals surface area contributed by atoms with Crippen LogP contribution in [0.25, 0.3) is 0 Å². The summed E-state index contributed by atoms with van der Waals surface area (Å²) in [7, 11) is 1.74. The number of methoxy groups -OCH3 is 1. The van der Waals surface area contributed by atoms with Gasteiger partial charge in [0.25, 0.3) is 0 Å². The minimum absolute atomic E-state index is 0.229. The van der Waals surface area contributed by atoms with Crippen LogP contribution in [0.15, 0.2) is 18.2 Å². The third-order valence-corrected chi connectivity index (χ3v) is 3.78. The Labute approximate surface area is 126 Å². The molecule has 0 heterocycles. The van der Waals surface area contributed by atoms with Crippen LogP contribution >= 0.6 is 23.2 Å². The highest BCUT2D eigenvalue weighted by Crippen LogP contribution is 2.23. The van der Waals surface area contributed by atoms with E-state index in [2.05, 4.69) is 19.2 Å². The molecule has 2 unspecified atom stereocenters. The van der Waals surface area contributed by atoms with Crippen molar-refractivity contribution in [3.05, 3.63) is 33.8 Å². The lowest BCUT2D eigenvalue weighted by Gasteiger charge is -2.22. The largest absolute Gasteiger partial charge is 0.382 e. The van der Waals surface area contributed by atoms with Crippen LogP contribution in [0.1, 0.15) is 32.3 Å². The number of rotatable bonds is 8. The minimum Gasteiger partial charge on any atom is -0.382 e. The molecular weight excluding hydrogens is 281 g/mol. The van der Waals surface area contributed by atoms with Crippen LogP contribution < -0.4 is 5.32 Å². The minimum atomic E-state index is 0.229. The molecule has 0 aliphatic heterocycles. The molecule has 1 aromatic rings. The van der Waals surface area contributed by atoms with Crippen LogP contribution in [0.3, 0.4) is 0 Å². The van der Waals surface area contributed by atoms with Crippen LogP contribution in [0.4, 0.5) is 0 Å². The highest BCUT2D eigenvalue weighted by Gasteiger charge is 2.14. The summed E-state index contributed by atoms with van der Waals surface area (Å²) in [5.41, 5.74) is 1.09. The van der Waals surface area contributed by atoms with Crippen LogP contribution in [0.2, 0.25) is 10.0 Å². The summed E-state index contributed by atoms with van der Waals surface area (Å²) in [5, 5.41) is 5.05. The predicted octanol–water partition coefficient (Wildman–Crippen LogP) is 4.33. The normalized spacial score (nSPS) is 14.4. The Morgan fingerprint density at radius 2 is 2.05 bits per heavy atom. The molecule has 0 fully saturated rings. The van der Waals surface area contributed by atoms with Gasteiger partial charge in [0, 0.05) is 23.2 Å². The number of ether oxygens (including phenoxy) is 1. The first-order valence-electron chi connectivity index (χ1n) is 6.76. The van der Waals surface area contributed by atoms with Crippen LogP contribution in [-0.4, -0.2) is 25.8 Å². The second kappa shape index (κ2) is 8.80. The van der Waals surface area contributed by atoms with Gasteiger partial charge < -0.3 is 10.1 Å². The molecule has 1 aromatic carbocycles. The number of benzene rings is 1. The van der Waals surface area contributed by atoms with Crippen molar-refractivity contribution < 1.29 is 4.74 Å². The lowest BCUT2D eigenvalue weighted by atomic mass is 10.0. The smallest absolute Gasteiger partial charge is 0.0558 e. The van der Waals surface area contributed by atoms with Gasteiger partial charge in [-0.1, -0.05) is 30.1 Å². The van der Waals surface area contributed by atoms with E-state index in [0.29, 0.717) is 6.04 Å². The van der Waals surface area contributed by atoms with E-state index >= 15 is 0 Å². The van der Waals surface area contributed by atoms with Gasteiger partial charge in [0.2, 0.25) is 0 Å². The van der Waals surface area contributed by atoms with E-state index in [1.807, 2.05) is 18.2 Å². The highest BCUT2D eigenvalue weighted by molar-refractivity contribution is 6.33. The van der Waals surface area contributed by atoms with Crippen molar-refractivity contribution in [2.45, 2.75) is 45.3 Å². The summed E-state index contributed by atoms with van der Waals surface area (Å²) >= 11 is 12.3. The van der Waals surface area contributed by atoms with Crippen molar-refractivity contribution in [3.8, 4) is 0 Å². The van der Waals surface area contributed by atoms with Gasteiger partial charge in [-0.2, -0.15) is 0 Å². The maximum absolute atomic E-state index is 6.23. The Bertz CT molecular complexity index is 384. The van der Waals surface area contributed by atoms with Crippen LogP contribution in [-0.2, 0) is 11.2 Å². The first kappa shape index (κ1) is 16.8. The zero-order valence-corrected chi connectivity index (χ0v) is 13.4. The maximum Gasteiger partial charge on any atom is 0.0558 e. The van der Waals surface area contributed by atoms with E-state index in [1.165, 1.54) is 0 Å². The topological polar surface area (TPSA) is 21.3 Å². The fourth-order valence-corrected chi connectivity index (χ4v) is 2.44. The van der Waals surface area contributed by atoms with E-state index in [4.69, 9.17) is 27.9 Å². The van der Waals surface area contributed by atoms with Gasteiger partial charge >= 0.3 is 0 Å². The molecule has 0 radical (unpaired) electrons. The molecular formula is C15H23Cl2NO. The van der Waals surface area contributed by atoms with E-state index in [1.54, 1.807) is 7.11 Å². The molecule has 2 atom stereocenters. The number of hydrogen-bond donors (Lipinski definition) is 1. The van der Waals surface area contributed by atoms with Crippen molar-refractivity contribution in [1.82, 2.24) is 5.32 Å². The summed E-state index contributed by atoms with van der Waals surface area (Å²) in [6.07, 6.45) is 3.17. The standard InChI is InChI=1S/C15H23Cl2NO/c1-4-7-18-14(8-11(2)19-3)10-12-9-13(16)5-6-15(12)17/h5-6,9,11,14,18H,4,7-8,10H2,1-3H3. The second-order valence-electron chi connectivity index (χ2n) is 4.87.